The Kier molecular flexibility index (Phi) is 8.36. The van der Waals surface area contributed by atoms with Gasteiger partial charge in [0.1, 0.15) is 24.2 Å². The Labute approximate surface area is 239 Å². The van der Waals surface area contributed by atoms with Gasteiger partial charge in [-0.3, -0.25) is 0 Å². The summed E-state index contributed by atoms with van der Waals surface area (Å²) in [6.45, 7) is 5.58. The smallest absolute Gasteiger partial charge is 0.340 e. The maximum Gasteiger partial charge on any atom is 0.340 e. The van der Waals surface area contributed by atoms with Crippen molar-refractivity contribution in [2.75, 3.05) is 6.61 Å². The van der Waals surface area contributed by atoms with Crippen molar-refractivity contribution in [1.29, 1.82) is 0 Å². The van der Waals surface area contributed by atoms with Crippen molar-refractivity contribution in [3.05, 3.63) is 131 Å². The van der Waals surface area contributed by atoms with Gasteiger partial charge in [0.2, 0.25) is 11.9 Å². The second-order valence-electron chi connectivity index (χ2n) is 10.1. The highest BCUT2D eigenvalue weighted by atomic mass is 16.8. The van der Waals surface area contributed by atoms with Crippen LogP contribution in [0.2, 0.25) is 0 Å². The Balaban J connectivity index is 1.51. The van der Waals surface area contributed by atoms with Gasteiger partial charge in [0.25, 0.3) is 0 Å². The molecule has 4 aromatic rings. The molecule has 1 heterocycles. The van der Waals surface area contributed by atoms with E-state index in [9.17, 15) is 9.59 Å². The Bertz CT molecular complexity index is 1490. The van der Waals surface area contributed by atoms with E-state index in [2.05, 4.69) is 0 Å². The minimum atomic E-state index is -1.54. The predicted octanol–water partition coefficient (Wildman–Crippen LogP) is 6.33. The number of hydrogen-bond acceptors (Lipinski definition) is 7. The number of para-hydroxylation sites is 2. The van der Waals surface area contributed by atoms with Gasteiger partial charge in [-0.1, -0.05) is 72.8 Å². The quantitative estimate of drug-likeness (QED) is 0.225. The number of hydrogen-bond donors (Lipinski definition) is 0. The maximum absolute atomic E-state index is 13.4. The molecule has 0 spiro atoms. The van der Waals surface area contributed by atoms with E-state index in [0.717, 1.165) is 11.1 Å². The van der Waals surface area contributed by atoms with E-state index < -0.39 is 36.0 Å². The predicted molar refractivity (Wildman–Crippen MR) is 153 cm³/mol. The normalized spacial score (nSPS) is 21.6. The molecule has 4 atom stereocenters. The van der Waals surface area contributed by atoms with Crippen LogP contribution in [-0.2, 0) is 14.2 Å². The number of carbonyl (C=O) groups excluding carboxylic acids is 2. The molecule has 210 valence electrons. The molecule has 4 aromatic carbocycles. The van der Waals surface area contributed by atoms with E-state index in [1.165, 1.54) is 0 Å². The third-order valence-corrected chi connectivity index (χ3v) is 7.06. The molecule has 1 fully saturated rings. The molecule has 0 saturated carbocycles. The van der Waals surface area contributed by atoms with Gasteiger partial charge in [-0.15, -0.1) is 0 Å². The molecule has 7 heteroatoms. The summed E-state index contributed by atoms with van der Waals surface area (Å²) in [5.41, 5.74) is 0.971. The third-order valence-electron chi connectivity index (χ3n) is 7.06. The average molecular weight is 553 g/mol. The van der Waals surface area contributed by atoms with Crippen LogP contribution < -0.4 is 9.47 Å². The van der Waals surface area contributed by atoms with E-state index in [4.69, 9.17) is 23.7 Å². The summed E-state index contributed by atoms with van der Waals surface area (Å²) in [5.74, 6) is 0.0430. The van der Waals surface area contributed by atoms with Gasteiger partial charge < -0.3 is 23.7 Å². The van der Waals surface area contributed by atoms with Crippen LogP contribution in [-0.4, -0.2) is 42.6 Å². The van der Waals surface area contributed by atoms with Crippen LogP contribution in [0.25, 0.3) is 0 Å². The first-order valence-corrected chi connectivity index (χ1v) is 13.5. The van der Waals surface area contributed by atoms with Crippen LogP contribution in [0.3, 0.4) is 0 Å². The Morgan fingerprint density at radius 2 is 1.22 bits per heavy atom. The topological polar surface area (TPSA) is 80.3 Å². The van der Waals surface area contributed by atoms with Crippen molar-refractivity contribution < 1.29 is 33.3 Å². The molecular formula is C34H32O7. The first kappa shape index (κ1) is 27.9. The molecule has 41 heavy (non-hydrogen) atoms. The third kappa shape index (κ3) is 6.26. The van der Waals surface area contributed by atoms with E-state index in [1.807, 2.05) is 68.4 Å². The van der Waals surface area contributed by atoms with Gasteiger partial charge in [0.05, 0.1) is 11.1 Å². The highest BCUT2D eigenvalue weighted by Gasteiger charge is 2.61. The Hall–Kier alpha value is -4.62. The van der Waals surface area contributed by atoms with Crippen molar-refractivity contribution in [2.45, 2.75) is 44.9 Å². The van der Waals surface area contributed by atoms with Gasteiger partial charge in [0, 0.05) is 0 Å². The van der Waals surface area contributed by atoms with Crippen molar-refractivity contribution >= 4 is 11.9 Å². The van der Waals surface area contributed by atoms with Gasteiger partial charge in [-0.25, -0.2) is 9.59 Å². The summed E-state index contributed by atoms with van der Waals surface area (Å²) in [4.78, 5) is 26.6. The molecule has 5 rings (SSSR count). The number of rotatable bonds is 9. The summed E-state index contributed by atoms with van der Waals surface area (Å²) in [6.07, 6.45) is -2.95. The molecule has 0 amide bonds. The summed E-state index contributed by atoms with van der Waals surface area (Å²) < 4.78 is 31.0. The molecule has 0 bridgehead atoms. The van der Waals surface area contributed by atoms with E-state index >= 15 is 0 Å². The van der Waals surface area contributed by atoms with Crippen LogP contribution >= 0.6 is 0 Å². The summed E-state index contributed by atoms with van der Waals surface area (Å²) in [5, 5.41) is 0. The second kappa shape index (κ2) is 12.3. The second-order valence-corrected chi connectivity index (χ2v) is 10.1. The van der Waals surface area contributed by atoms with Gasteiger partial charge in [0.15, 0.2) is 6.10 Å². The lowest BCUT2D eigenvalue weighted by molar-refractivity contribution is -0.173. The molecule has 0 N–H and O–H groups in total. The lowest BCUT2D eigenvalue weighted by Gasteiger charge is -2.34. The lowest BCUT2D eigenvalue weighted by Crippen LogP contribution is -2.53. The fraction of sp³-hybridized carbons (Fsp3) is 0.235. The average Bonchev–Trinajstić information content (AvgIpc) is 3.24. The fourth-order valence-corrected chi connectivity index (χ4v) is 4.73. The van der Waals surface area contributed by atoms with Crippen LogP contribution in [0.1, 0.15) is 38.8 Å². The van der Waals surface area contributed by atoms with Gasteiger partial charge in [-0.2, -0.15) is 0 Å². The van der Waals surface area contributed by atoms with Crippen molar-refractivity contribution in [1.82, 2.24) is 0 Å². The van der Waals surface area contributed by atoms with E-state index in [0.29, 0.717) is 22.6 Å². The Morgan fingerprint density at radius 3 is 1.80 bits per heavy atom. The number of benzene rings is 4. The molecule has 1 aliphatic rings. The zero-order valence-electron chi connectivity index (χ0n) is 23.2. The van der Waals surface area contributed by atoms with Crippen LogP contribution in [0.4, 0.5) is 0 Å². The van der Waals surface area contributed by atoms with Crippen molar-refractivity contribution in [3.63, 3.8) is 0 Å². The Morgan fingerprint density at radius 1 is 0.707 bits per heavy atom. The van der Waals surface area contributed by atoms with Gasteiger partial charge >= 0.3 is 11.9 Å². The number of esters is 2. The molecular weight excluding hydrogens is 520 g/mol. The van der Waals surface area contributed by atoms with Crippen LogP contribution in [0.15, 0.2) is 109 Å². The number of aryl methyl sites for hydroxylation is 2. The van der Waals surface area contributed by atoms with Crippen molar-refractivity contribution in [3.8, 4) is 11.5 Å². The highest BCUT2D eigenvalue weighted by Crippen LogP contribution is 2.40. The molecule has 0 radical (unpaired) electrons. The minimum Gasteiger partial charge on any atom is -0.490 e. The zero-order chi connectivity index (χ0) is 28.8. The number of ether oxygens (including phenoxy) is 5. The lowest BCUT2D eigenvalue weighted by atomic mass is 9.96. The molecule has 1 saturated heterocycles. The fourth-order valence-electron chi connectivity index (χ4n) is 4.73. The molecule has 1 aliphatic heterocycles. The van der Waals surface area contributed by atoms with Crippen LogP contribution in [0, 0.1) is 13.8 Å². The minimum absolute atomic E-state index is 0.0548. The largest absolute Gasteiger partial charge is 0.490 e. The highest BCUT2D eigenvalue weighted by molar-refractivity contribution is 5.90. The zero-order valence-corrected chi connectivity index (χ0v) is 23.2. The van der Waals surface area contributed by atoms with Crippen molar-refractivity contribution in [2.24, 2.45) is 0 Å². The van der Waals surface area contributed by atoms with Crippen LogP contribution in [0.5, 0.6) is 11.5 Å². The SMILES string of the molecule is Cc1ccccc1OC[C@H]1O[C@@H](OC(=O)c2ccccc2)[C@](C)(OC(=O)c2ccccc2)[C@@H]1Oc1ccccc1C. The first-order chi connectivity index (χ1) is 19.8. The van der Waals surface area contributed by atoms with E-state index in [1.54, 1.807) is 61.5 Å². The molecule has 7 nitrogen and oxygen atoms in total. The summed E-state index contributed by atoms with van der Waals surface area (Å²) in [6, 6.07) is 32.3. The van der Waals surface area contributed by atoms with E-state index in [-0.39, 0.29) is 6.61 Å². The summed E-state index contributed by atoms with van der Waals surface area (Å²) >= 11 is 0. The molecule has 0 aromatic heterocycles. The monoisotopic (exact) mass is 552 g/mol. The molecule has 0 aliphatic carbocycles. The van der Waals surface area contributed by atoms with Gasteiger partial charge in [-0.05, 0) is 68.3 Å². The molecule has 0 unspecified atom stereocenters. The summed E-state index contributed by atoms with van der Waals surface area (Å²) in [7, 11) is 0. The first-order valence-electron chi connectivity index (χ1n) is 13.5. The maximum atomic E-state index is 13.4. The standard InChI is InChI=1S/C34H32O7/c1-23-14-10-12-20-27(23)37-22-29-30(38-28-21-13-11-15-24(28)2)34(3,41-32(36)26-18-8-5-9-19-26)33(39-29)40-31(35)25-16-6-4-7-17-25/h4-21,29-30,33H,22H2,1-3H3/t29-,30-,33+,34-/m1/s1. The number of carbonyl (C=O) groups is 2.